The van der Waals surface area contributed by atoms with E-state index in [0.717, 1.165) is 10.2 Å². The van der Waals surface area contributed by atoms with Gasteiger partial charge in [0.25, 0.3) is 5.91 Å². The number of carbonyl (C=O) groups is 1. The Balaban J connectivity index is 2.26. The summed E-state index contributed by atoms with van der Waals surface area (Å²) in [6.45, 7) is 1.84. The molecule has 1 heterocycles. The SMILES string of the molecule is CNc1cc(C(=O)Nc2ccc(Br)cc2Cl)cc(C)n1. The molecule has 0 aliphatic heterocycles. The summed E-state index contributed by atoms with van der Waals surface area (Å²) in [4.78, 5) is 16.5. The number of halogens is 2. The van der Waals surface area contributed by atoms with Crippen LogP contribution in [0.5, 0.6) is 0 Å². The molecular formula is C14H13BrClN3O. The maximum atomic E-state index is 12.2. The average Bonchev–Trinajstić information content (AvgIpc) is 2.41. The highest BCUT2D eigenvalue weighted by atomic mass is 79.9. The second-order valence-corrected chi connectivity index (χ2v) is 5.53. The molecule has 0 unspecified atom stereocenters. The lowest BCUT2D eigenvalue weighted by atomic mass is 10.2. The Labute approximate surface area is 130 Å². The lowest BCUT2D eigenvalue weighted by Crippen LogP contribution is -2.13. The quantitative estimate of drug-likeness (QED) is 0.872. The summed E-state index contributed by atoms with van der Waals surface area (Å²) in [7, 11) is 1.76. The first-order valence-corrected chi connectivity index (χ1v) is 7.09. The molecule has 4 nitrogen and oxygen atoms in total. The van der Waals surface area contributed by atoms with Crippen LogP contribution in [0.25, 0.3) is 0 Å². The van der Waals surface area contributed by atoms with Crippen LogP contribution in [0.4, 0.5) is 11.5 Å². The van der Waals surface area contributed by atoms with E-state index >= 15 is 0 Å². The van der Waals surface area contributed by atoms with E-state index in [4.69, 9.17) is 11.6 Å². The van der Waals surface area contributed by atoms with Crippen LogP contribution in [0.2, 0.25) is 5.02 Å². The number of aromatic nitrogens is 1. The molecule has 0 atom stereocenters. The monoisotopic (exact) mass is 353 g/mol. The number of hydrogen-bond donors (Lipinski definition) is 2. The van der Waals surface area contributed by atoms with Crippen molar-refractivity contribution in [1.82, 2.24) is 4.98 Å². The van der Waals surface area contributed by atoms with Crippen LogP contribution in [0.3, 0.4) is 0 Å². The average molecular weight is 355 g/mol. The Kier molecular flexibility index (Phi) is 4.62. The third kappa shape index (κ3) is 3.49. The molecule has 0 saturated heterocycles. The van der Waals surface area contributed by atoms with Gasteiger partial charge in [-0.05, 0) is 37.3 Å². The number of anilines is 2. The second kappa shape index (κ2) is 6.24. The zero-order valence-electron chi connectivity index (χ0n) is 11.0. The van der Waals surface area contributed by atoms with Gasteiger partial charge in [-0.1, -0.05) is 27.5 Å². The molecular weight excluding hydrogens is 342 g/mol. The molecule has 0 aliphatic rings. The first-order valence-electron chi connectivity index (χ1n) is 5.92. The normalized spacial score (nSPS) is 10.2. The smallest absolute Gasteiger partial charge is 0.255 e. The van der Waals surface area contributed by atoms with Crippen molar-refractivity contribution in [2.75, 3.05) is 17.7 Å². The van der Waals surface area contributed by atoms with E-state index in [2.05, 4.69) is 31.5 Å². The van der Waals surface area contributed by atoms with E-state index in [1.54, 1.807) is 31.3 Å². The van der Waals surface area contributed by atoms with Crippen LogP contribution < -0.4 is 10.6 Å². The van der Waals surface area contributed by atoms with Gasteiger partial charge < -0.3 is 10.6 Å². The number of aryl methyl sites for hydroxylation is 1. The number of amides is 1. The first kappa shape index (κ1) is 14.8. The molecule has 104 valence electrons. The molecule has 6 heteroatoms. The molecule has 0 fully saturated rings. The fourth-order valence-corrected chi connectivity index (χ4v) is 2.43. The zero-order chi connectivity index (χ0) is 14.7. The largest absolute Gasteiger partial charge is 0.373 e. The molecule has 1 aromatic heterocycles. The van der Waals surface area contributed by atoms with Gasteiger partial charge in [0.1, 0.15) is 5.82 Å². The van der Waals surface area contributed by atoms with Crippen molar-refractivity contribution in [1.29, 1.82) is 0 Å². The van der Waals surface area contributed by atoms with Crippen molar-refractivity contribution in [3.05, 3.63) is 51.1 Å². The van der Waals surface area contributed by atoms with Gasteiger partial charge in [0.2, 0.25) is 0 Å². The predicted molar refractivity (Wildman–Crippen MR) is 85.6 cm³/mol. The van der Waals surface area contributed by atoms with Crippen LogP contribution in [0.1, 0.15) is 16.1 Å². The molecule has 0 saturated carbocycles. The van der Waals surface area contributed by atoms with Crippen molar-refractivity contribution in [3.8, 4) is 0 Å². The van der Waals surface area contributed by atoms with Crippen molar-refractivity contribution in [2.45, 2.75) is 6.92 Å². The van der Waals surface area contributed by atoms with Gasteiger partial charge in [-0.25, -0.2) is 4.98 Å². The molecule has 2 rings (SSSR count). The lowest BCUT2D eigenvalue weighted by Gasteiger charge is -2.09. The van der Waals surface area contributed by atoms with Gasteiger partial charge in [0.15, 0.2) is 0 Å². The Morgan fingerprint density at radius 1 is 1.30 bits per heavy atom. The molecule has 1 aromatic carbocycles. The summed E-state index contributed by atoms with van der Waals surface area (Å²) < 4.78 is 0.859. The minimum Gasteiger partial charge on any atom is -0.373 e. The number of carbonyl (C=O) groups excluding carboxylic acids is 1. The zero-order valence-corrected chi connectivity index (χ0v) is 13.3. The van der Waals surface area contributed by atoms with E-state index in [-0.39, 0.29) is 5.91 Å². The fraction of sp³-hybridized carbons (Fsp3) is 0.143. The van der Waals surface area contributed by atoms with Gasteiger partial charge in [-0.3, -0.25) is 4.79 Å². The van der Waals surface area contributed by atoms with Gasteiger partial charge in [-0.15, -0.1) is 0 Å². The Bertz CT molecular complexity index is 661. The van der Waals surface area contributed by atoms with Crippen LogP contribution in [0.15, 0.2) is 34.8 Å². The Morgan fingerprint density at radius 2 is 2.05 bits per heavy atom. The number of benzene rings is 1. The molecule has 0 radical (unpaired) electrons. The van der Waals surface area contributed by atoms with Crippen LogP contribution in [-0.2, 0) is 0 Å². The third-order valence-electron chi connectivity index (χ3n) is 2.65. The molecule has 1 amide bonds. The number of hydrogen-bond acceptors (Lipinski definition) is 3. The summed E-state index contributed by atoms with van der Waals surface area (Å²) in [5, 5.41) is 6.19. The Hall–Kier alpha value is -1.59. The predicted octanol–water partition coefficient (Wildman–Crippen LogP) is 4.10. The second-order valence-electron chi connectivity index (χ2n) is 4.21. The van der Waals surface area contributed by atoms with Crippen LogP contribution >= 0.6 is 27.5 Å². The van der Waals surface area contributed by atoms with Crippen LogP contribution in [-0.4, -0.2) is 17.9 Å². The van der Waals surface area contributed by atoms with Gasteiger partial charge >= 0.3 is 0 Å². The number of nitrogens with zero attached hydrogens (tertiary/aromatic N) is 1. The molecule has 2 N–H and O–H groups in total. The van der Waals surface area contributed by atoms with Crippen LogP contribution in [0, 0.1) is 6.92 Å². The Morgan fingerprint density at radius 3 is 2.70 bits per heavy atom. The van der Waals surface area contributed by atoms with Crippen molar-refractivity contribution in [3.63, 3.8) is 0 Å². The summed E-state index contributed by atoms with van der Waals surface area (Å²) in [6, 6.07) is 8.71. The minimum atomic E-state index is -0.226. The third-order valence-corrected chi connectivity index (χ3v) is 3.46. The summed E-state index contributed by atoms with van der Waals surface area (Å²) in [5.74, 6) is 0.424. The highest BCUT2D eigenvalue weighted by Crippen LogP contribution is 2.26. The van der Waals surface area contributed by atoms with Crippen molar-refractivity contribution in [2.24, 2.45) is 0 Å². The topological polar surface area (TPSA) is 54.0 Å². The molecule has 0 bridgehead atoms. The van der Waals surface area contributed by atoms with E-state index in [0.29, 0.717) is 22.1 Å². The maximum absolute atomic E-state index is 12.2. The van der Waals surface area contributed by atoms with E-state index in [1.807, 2.05) is 13.0 Å². The first-order chi connectivity index (χ1) is 9.49. The molecule has 0 aliphatic carbocycles. The maximum Gasteiger partial charge on any atom is 0.255 e. The number of nitrogens with one attached hydrogen (secondary N) is 2. The lowest BCUT2D eigenvalue weighted by molar-refractivity contribution is 0.102. The van der Waals surface area contributed by atoms with Gasteiger partial charge in [0, 0.05) is 22.8 Å². The fourth-order valence-electron chi connectivity index (χ4n) is 1.71. The molecule has 2 aromatic rings. The summed E-state index contributed by atoms with van der Waals surface area (Å²) >= 11 is 9.40. The molecule has 0 spiro atoms. The highest BCUT2D eigenvalue weighted by molar-refractivity contribution is 9.10. The number of pyridine rings is 1. The van der Waals surface area contributed by atoms with Gasteiger partial charge in [-0.2, -0.15) is 0 Å². The summed E-state index contributed by atoms with van der Waals surface area (Å²) in [5.41, 5.74) is 1.87. The van der Waals surface area contributed by atoms with E-state index in [1.165, 1.54) is 0 Å². The minimum absolute atomic E-state index is 0.226. The van der Waals surface area contributed by atoms with Crippen molar-refractivity contribution >= 4 is 44.9 Å². The van der Waals surface area contributed by atoms with E-state index in [9.17, 15) is 4.79 Å². The molecule has 20 heavy (non-hydrogen) atoms. The van der Waals surface area contributed by atoms with Gasteiger partial charge in [0.05, 0.1) is 10.7 Å². The number of rotatable bonds is 3. The summed E-state index contributed by atoms with van der Waals surface area (Å²) in [6.07, 6.45) is 0. The standard InChI is InChI=1S/C14H13BrClN3O/c1-8-5-9(6-13(17-2)18-8)14(20)19-12-4-3-10(15)7-11(12)16/h3-7H,1-2H3,(H,17,18)(H,19,20). The highest BCUT2D eigenvalue weighted by Gasteiger charge is 2.10. The van der Waals surface area contributed by atoms with E-state index < -0.39 is 0 Å². The van der Waals surface area contributed by atoms with Crippen molar-refractivity contribution < 1.29 is 4.79 Å².